The second-order valence-corrected chi connectivity index (χ2v) is 8.91. The van der Waals surface area contributed by atoms with Crippen LogP contribution < -0.4 is 15.8 Å². The van der Waals surface area contributed by atoms with Crippen LogP contribution in [-0.4, -0.2) is 57.6 Å². The summed E-state index contributed by atoms with van der Waals surface area (Å²) in [7, 11) is 0. The number of nitrogens with one attached hydrogen (secondary N) is 1. The molecule has 3 N–H and O–H groups in total. The lowest BCUT2D eigenvalue weighted by molar-refractivity contribution is -0.274. The number of halogens is 3. The molecule has 12 heteroatoms. The molecule has 1 aliphatic carbocycles. The zero-order valence-corrected chi connectivity index (χ0v) is 19.6. The molecular weight excluding hydrogens is 491 g/mol. The first-order valence-electron chi connectivity index (χ1n) is 11.6. The van der Waals surface area contributed by atoms with Crippen LogP contribution in [0.2, 0.25) is 0 Å². The van der Waals surface area contributed by atoms with Gasteiger partial charge in [0.25, 0.3) is 0 Å². The normalized spacial score (nSPS) is 18.8. The van der Waals surface area contributed by atoms with E-state index in [9.17, 15) is 27.6 Å². The van der Waals surface area contributed by atoms with E-state index >= 15 is 0 Å². The SMILES string of the molecule is NC(=O)C[C@@H](C#Cc1ccncn1)NC(=O)[C@@H]1CCCN1C(=O)C1(c2ccc(OC(F)(F)F)cc2)CC1. The Morgan fingerprint density at radius 3 is 2.54 bits per heavy atom. The van der Waals surface area contributed by atoms with Gasteiger partial charge < -0.3 is 20.7 Å². The molecule has 1 saturated carbocycles. The molecule has 0 bridgehead atoms. The zero-order chi connectivity index (χ0) is 26.6. The molecule has 2 aliphatic rings. The average Bonchev–Trinajstić information content (AvgIpc) is 3.50. The molecule has 2 heterocycles. The van der Waals surface area contributed by atoms with Gasteiger partial charge in [-0.2, -0.15) is 0 Å². The molecule has 1 aromatic heterocycles. The Hall–Kier alpha value is -4.14. The molecule has 1 aromatic carbocycles. The lowest BCUT2D eigenvalue weighted by atomic mass is 9.93. The third-order valence-electron chi connectivity index (χ3n) is 6.29. The van der Waals surface area contributed by atoms with Crippen molar-refractivity contribution in [2.75, 3.05) is 6.54 Å². The number of carbonyl (C=O) groups excluding carboxylic acids is 3. The molecule has 3 amide bonds. The van der Waals surface area contributed by atoms with E-state index in [2.05, 4.69) is 31.9 Å². The molecule has 2 atom stereocenters. The number of rotatable bonds is 7. The fourth-order valence-corrected chi connectivity index (χ4v) is 4.42. The van der Waals surface area contributed by atoms with Crippen molar-refractivity contribution < 1.29 is 32.3 Å². The standard InChI is InChI=1S/C25H24F3N5O4/c26-25(27,28)37-19-7-3-16(4-8-19)24(10-11-24)23(36)33-13-1-2-20(33)22(35)32-18(14-21(29)34)6-5-17-9-12-30-15-31-17/h3-4,7-9,12,15,18,20H,1-2,10-11,13-14H2,(H2,29,34)(H,32,35)/t18-,20+/m1/s1. The van der Waals surface area contributed by atoms with E-state index < -0.39 is 35.7 Å². The van der Waals surface area contributed by atoms with Gasteiger partial charge in [-0.25, -0.2) is 9.97 Å². The molecule has 0 radical (unpaired) electrons. The van der Waals surface area contributed by atoms with E-state index in [0.29, 0.717) is 43.5 Å². The first kappa shape index (κ1) is 25.9. The van der Waals surface area contributed by atoms with Gasteiger partial charge in [-0.05, 0) is 55.4 Å². The number of carbonyl (C=O) groups is 3. The Balaban J connectivity index is 1.46. The summed E-state index contributed by atoms with van der Waals surface area (Å²) in [6, 6.07) is 5.17. The Morgan fingerprint density at radius 2 is 1.95 bits per heavy atom. The number of alkyl halides is 3. The molecular formula is C25H24F3N5O4. The van der Waals surface area contributed by atoms with E-state index in [1.807, 2.05) is 0 Å². The van der Waals surface area contributed by atoms with Crippen LogP contribution in [0.4, 0.5) is 13.2 Å². The van der Waals surface area contributed by atoms with Crippen molar-refractivity contribution in [2.24, 2.45) is 5.73 Å². The molecule has 0 unspecified atom stereocenters. The monoisotopic (exact) mass is 515 g/mol. The summed E-state index contributed by atoms with van der Waals surface area (Å²) in [5, 5.41) is 2.71. The molecule has 1 saturated heterocycles. The topological polar surface area (TPSA) is 128 Å². The highest BCUT2D eigenvalue weighted by molar-refractivity contribution is 5.96. The minimum atomic E-state index is -4.81. The van der Waals surface area contributed by atoms with Gasteiger partial charge in [-0.3, -0.25) is 14.4 Å². The van der Waals surface area contributed by atoms with Crippen molar-refractivity contribution in [3.63, 3.8) is 0 Å². The molecule has 1 aliphatic heterocycles. The molecule has 194 valence electrons. The van der Waals surface area contributed by atoms with Gasteiger partial charge in [-0.1, -0.05) is 18.1 Å². The predicted octanol–water partition coefficient (Wildman–Crippen LogP) is 1.81. The van der Waals surface area contributed by atoms with Crippen LogP contribution in [0.3, 0.4) is 0 Å². The minimum absolute atomic E-state index is 0.221. The summed E-state index contributed by atoms with van der Waals surface area (Å²) < 4.78 is 41.3. The maximum atomic E-state index is 13.6. The van der Waals surface area contributed by atoms with Gasteiger partial charge in [0.1, 0.15) is 23.8 Å². The average molecular weight is 515 g/mol. The third-order valence-corrected chi connectivity index (χ3v) is 6.29. The van der Waals surface area contributed by atoms with E-state index in [4.69, 9.17) is 5.73 Å². The maximum Gasteiger partial charge on any atom is 0.573 e. The second kappa shape index (κ2) is 10.5. The highest BCUT2D eigenvalue weighted by Crippen LogP contribution is 2.50. The fraction of sp³-hybridized carbons (Fsp3) is 0.400. The van der Waals surface area contributed by atoms with Gasteiger partial charge in [0.2, 0.25) is 17.7 Å². The minimum Gasteiger partial charge on any atom is -0.406 e. The number of hydrogen-bond acceptors (Lipinski definition) is 6. The molecule has 37 heavy (non-hydrogen) atoms. The summed E-state index contributed by atoms with van der Waals surface area (Å²) in [5.74, 6) is 3.81. The molecule has 0 spiro atoms. The summed E-state index contributed by atoms with van der Waals surface area (Å²) in [4.78, 5) is 47.5. The van der Waals surface area contributed by atoms with Crippen LogP contribution in [0.5, 0.6) is 5.75 Å². The Labute approximate surface area is 210 Å². The van der Waals surface area contributed by atoms with E-state index in [0.717, 1.165) is 0 Å². The lowest BCUT2D eigenvalue weighted by Crippen LogP contribution is -2.51. The number of amides is 3. The molecule has 2 aromatic rings. The highest BCUT2D eigenvalue weighted by atomic mass is 19.4. The van der Waals surface area contributed by atoms with Gasteiger partial charge in [0, 0.05) is 12.7 Å². The highest BCUT2D eigenvalue weighted by Gasteiger charge is 2.55. The number of nitrogens with zero attached hydrogens (tertiary/aromatic N) is 3. The van der Waals surface area contributed by atoms with E-state index in [-0.39, 0.29) is 18.1 Å². The number of aromatic nitrogens is 2. The van der Waals surface area contributed by atoms with Gasteiger partial charge in [-0.15, -0.1) is 13.2 Å². The summed E-state index contributed by atoms with van der Waals surface area (Å²) in [6.07, 6.45) is -0.142. The number of benzene rings is 1. The van der Waals surface area contributed by atoms with Crippen molar-refractivity contribution in [1.82, 2.24) is 20.2 Å². The molecule has 4 rings (SSSR count). The molecule has 2 fully saturated rings. The van der Waals surface area contributed by atoms with Crippen molar-refractivity contribution in [3.8, 4) is 17.6 Å². The van der Waals surface area contributed by atoms with E-state index in [1.54, 1.807) is 6.07 Å². The van der Waals surface area contributed by atoms with Gasteiger partial charge in [0.15, 0.2) is 0 Å². The largest absolute Gasteiger partial charge is 0.573 e. The Morgan fingerprint density at radius 1 is 1.22 bits per heavy atom. The Kier molecular flexibility index (Phi) is 7.33. The number of ether oxygens (including phenoxy) is 1. The van der Waals surface area contributed by atoms with Crippen LogP contribution in [0.15, 0.2) is 42.9 Å². The Bertz CT molecular complexity index is 1220. The predicted molar refractivity (Wildman–Crippen MR) is 123 cm³/mol. The lowest BCUT2D eigenvalue weighted by Gasteiger charge is -2.29. The quantitative estimate of drug-likeness (QED) is 0.542. The smallest absolute Gasteiger partial charge is 0.406 e. The number of likely N-dealkylation sites (tertiary alicyclic amines) is 1. The number of nitrogens with two attached hydrogens (primary N) is 1. The van der Waals surface area contributed by atoms with Crippen LogP contribution in [0, 0.1) is 11.8 Å². The van der Waals surface area contributed by atoms with Crippen LogP contribution in [0.1, 0.15) is 43.4 Å². The van der Waals surface area contributed by atoms with Crippen molar-refractivity contribution in [1.29, 1.82) is 0 Å². The second-order valence-electron chi connectivity index (χ2n) is 8.91. The van der Waals surface area contributed by atoms with E-state index in [1.165, 1.54) is 41.7 Å². The number of hydrogen-bond donors (Lipinski definition) is 2. The zero-order valence-electron chi connectivity index (χ0n) is 19.6. The first-order chi connectivity index (χ1) is 17.6. The number of primary amides is 1. The third kappa shape index (κ3) is 6.35. The first-order valence-corrected chi connectivity index (χ1v) is 11.6. The summed E-state index contributed by atoms with van der Waals surface area (Å²) in [6.45, 7) is 0.362. The van der Waals surface area contributed by atoms with Crippen molar-refractivity contribution in [3.05, 3.63) is 54.1 Å². The summed E-state index contributed by atoms with van der Waals surface area (Å²) in [5.41, 5.74) is 5.40. The van der Waals surface area contributed by atoms with Gasteiger partial charge in [0.05, 0.1) is 17.9 Å². The maximum absolute atomic E-state index is 13.6. The van der Waals surface area contributed by atoms with Crippen LogP contribution >= 0.6 is 0 Å². The fourth-order valence-electron chi connectivity index (χ4n) is 4.42. The van der Waals surface area contributed by atoms with Crippen LogP contribution in [0.25, 0.3) is 0 Å². The van der Waals surface area contributed by atoms with Crippen molar-refractivity contribution >= 4 is 17.7 Å². The van der Waals surface area contributed by atoms with Crippen LogP contribution in [-0.2, 0) is 19.8 Å². The van der Waals surface area contributed by atoms with Gasteiger partial charge >= 0.3 is 6.36 Å². The summed E-state index contributed by atoms with van der Waals surface area (Å²) >= 11 is 0. The molecule has 9 nitrogen and oxygen atoms in total. The van der Waals surface area contributed by atoms with Crippen molar-refractivity contribution in [2.45, 2.75) is 56.0 Å².